The van der Waals surface area contributed by atoms with E-state index in [4.69, 9.17) is 15.2 Å². The Kier molecular flexibility index (Phi) is 12.7. The van der Waals surface area contributed by atoms with E-state index in [1.807, 2.05) is 60.7 Å². The van der Waals surface area contributed by atoms with Crippen LogP contribution in [0.25, 0.3) is 0 Å². The zero-order valence-corrected chi connectivity index (χ0v) is 27.0. The van der Waals surface area contributed by atoms with E-state index in [0.717, 1.165) is 42.4 Å². The summed E-state index contributed by atoms with van der Waals surface area (Å²) in [4.78, 5) is 33.4. The molecule has 4 aromatic rings. The van der Waals surface area contributed by atoms with Gasteiger partial charge in [-0.15, -0.1) is 0 Å². The predicted octanol–water partition coefficient (Wildman–Crippen LogP) is 6.81. The number of anilines is 3. The van der Waals surface area contributed by atoms with Gasteiger partial charge in [-0.1, -0.05) is 73.1 Å². The molecule has 2 amide bonds. The monoisotopic (exact) mass is 655 g/mol. The zero-order chi connectivity index (χ0) is 32.8. The van der Waals surface area contributed by atoms with Gasteiger partial charge in [0.2, 0.25) is 11.8 Å². The van der Waals surface area contributed by atoms with Gasteiger partial charge in [0.15, 0.2) is 11.4 Å². The van der Waals surface area contributed by atoms with Gasteiger partial charge in [-0.05, 0) is 54.3 Å². The van der Waals surface area contributed by atoms with Crippen molar-refractivity contribution < 1.29 is 24.2 Å². The Morgan fingerprint density at radius 1 is 0.809 bits per heavy atom. The molecular weight excluding hydrogens is 614 g/mol. The highest BCUT2D eigenvalue weighted by Crippen LogP contribution is 2.39. The molecule has 47 heavy (non-hydrogen) atoms. The van der Waals surface area contributed by atoms with Crippen molar-refractivity contribution in [3.05, 3.63) is 108 Å². The molecule has 0 spiro atoms. The van der Waals surface area contributed by atoms with E-state index in [0.29, 0.717) is 47.2 Å². The Bertz CT molecular complexity index is 1570. The fourth-order valence-corrected chi connectivity index (χ4v) is 6.07. The maximum Gasteiger partial charge on any atom is 0.224 e. The summed E-state index contributed by atoms with van der Waals surface area (Å²) < 4.78 is 12.8. The second-order valence-corrected chi connectivity index (χ2v) is 12.4. The van der Waals surface area contributed by atoms with Gasteiger partial charge in [-0.3, -0.25) is 9.59 Å². The molecule has 0 saturated carbocycles. The number of ether oxygens (including phenoxy) is 2. The maximum absolute atomic E-state index is 12.6. The summed E-state index contributed by atoms with van der Waals surface area (Å²) in [5.41, 5.74) is 10.5. The number of nitrogens with two attached hydrogens (primary N) is 1. The zero-order valence-electron chi connectivity index (χ0n) is 26.2. The first kappa shape index (κ1) is 34.1. The average Bonchev–Trinajstić information content (AvgIpc) is 3.10. The minimum absolute atomic E-state index is 0.0109. The number of unbranched alkanes of at least 4 members (excludes halogenated alkanes) is 3. The summed E-state index contributed by atoms with van der Waals surface area (Å²) in [6.07, 6.45) is 7.27. The second kappa shape index (κ2) is 17.6. The first-order valence-electron chi connectivity index (χ1n) is 15.9. The predicted molar refractivity (Wildman–Crippen MR) is 183 cm³/mol. The fourth-order valence-electron chi connectivity index (χ4n) is 5.25. The molecule has 10 nitrogen and oxygen atoms in total. The number of hydrogen-bond donors (Lipinski definition) is 4. The highest BCUT2D eigenvalue weighted by Gasteiger charge is 2.32. The molecule has 11 heteroatoms. The van der Waals surface area contributed by atoms with Crippen LogP contribution >= 0.6 is 11.8 Å². The second-order valence-electron chi connectivity index (χ2n) is 11.4. The molecule has 3 aromatic carbocycles. The Hall–Kier alpha value is -4.29. The molecule has 2 heterocycles. The van der Waals surface area contributed by atoms with Crippen molar-refractivity contribution in [2.45, 2.75) is 75.2 Å². The number of aliphatic hydroxyl groups excluding tert-OH is 1. The van der Waals surface area contributed by atoms with E-state index in [1.165, 1.54) is 0 Å². The van der Waals surface area contributed by atoms with E-state index >= 15 is 0 Å². The standard InChI is InChI=1S/C36H41N5O5S/c37-30-8-5-6-9-31(30)41-34(44)11-4-2-1-3-10-33(43)40-28-18-16-27(17-19-28)35-45-29(24-47-36-38-20-7-21-39-36)22-32(46-35)26-14-12-25(23-42)13-15-26/h5-9,12-21,29,32,35,42H,1-4,10-11,22-24,37H2,(H,40,43)(H,41,44)/t29-,32+,35+/m1/s1. The van der Waals surface area contributed by atoms with Crippen molar-refractivity contribution in [1.82, 2.24) is 9.97 Å². The number of benzene rings is 3. The van der Waals surface area contributed by atoms with Gasteiger partial charge in [-0.2, -0.15) is 0 Å². The first-order valence-corrected chi connectivity index (χ1v) is 16.9. The van der Waals surface area contributed by atoms with Crippen molar-refractivity contribution in [3.63, 3.8) is 0 Å². The third-order valence-electron chi connectivity index (χ3n) is 7.81. The number of nitrogen functional groups attached to an aromatic ring is 1. The first-order chi connectivity index (χ1) is 23.0. The van der Waals surface area contributed by atoms with Gasteiger partial charge >= 0.3 is 0 Å². The molecule has 1 aliphatic heterocycles. The van der Waals surface area contributed by atoms with Gasteiger partial charge in [0.05, 0.1) is 30.2 Å². The number of carbonyl (C=O) groups is 2. The van der Waals surface area contributed by atoms with E-state index < -0.39 is 6.29 Å². The number of carbonyl (C=O) groups excluding carboxylic acids is 2. The lowest BCUT2D eigenvalue weighted by Gasteiger charge is -2.36. The molecule has 3 atom stereocenters. The number of amides is 2. The third-order valence-corrected chi connectivity index (χ3v) is 8.82. The SMILES string of the molecule is Nc1ccccc1NC(=O)CCCCCCC(=O)Nc1ccc([C@H]2O[C@@H](CSc3ncccn3)C[C@@H](c3ccc(CO)cc3)O2)cc1. The molecule has 0 bridgehead atoms. The van der Waals surface area contributed by atoms with Crippen molar-refractivity contribution in [2.24, 2.45) is 0 Å². The van der Waals surface area contributed by atoms with Crippen molar-refractivity contribution in [3.8, 4) is 0 Å². The van der Waals surface area contributed by atoms with Gasteiger partial charge < -0.3 is 30.9 Å². The molecule has 1 saturated heterocycles. The van der Waals surface area contributed by atoms with Crippen LogP contribution in [-0.4, -0.2) is 38.7 Å². The van der Waals surface area contributed by atoms with Gasteiger partial charge in [-0.25, -0.2) is 9.97 Å². The number of aliphatic hydroxyl groups is 1. The van der Waals surface area contributed by atoms with Crippen LogP contribution in [0.5, 0.6) is 0 Å². The van der Waals surface area contributed by atoms with Crippen LogP contribution in [-0.2, 0) is 25.7 Å². The molecule has 0 unspecified atom stereocenters. The number of rotatable bonds is 15. The highest BCUT2D eigenvalue weighted by atomic mass is 32.2. The van der Waals surface area contributed by atoms with Crippen LogP contribution in [0.2, 0.25) is 0 Å². The normalized spacial score (nSPS) is 17.6. The summed E-state index contributed by atoms with van der Waals surface area (Å²) in [6.45, 7) is -0.0109. The lowest BCUT2D eigenvalue weighted by Crippen LogP contribution is -2.31. The fraction of sp³-hybridized carbons (Fsp3) is 0.333. The number of hydrogen-bond acceptors (Lipinski definition) is 9. The lowest BCUT2D eigenvalue weighted by atomic mass is 10.0. The molecule has 5 rings (SSSR count). The van der Waals surface area contributed by atoms with Crippen LogP contribution in [0, 0.1) is 0 Å². The maximum atomic E-state index is 12.6. The molecule has 1 fully saturated rings. The van der Waals surface area contributed by atoms with Gasteiger partial charge in [0.25, 0.3) is 0 Å². The number of nitrogens with one attached hydrogen (secondary N) is 2. The summed E-state index contributed by atoms with van der Waals surface area (Å²) in [5, 5.41) is 16.0. The molecule has 246 valence electrons. The number of nitrogens with zero attached hydrogens (tertiary/aromatic N) is 2. The molecule has 0 aliphatic carbocycles. The topological polar surface area (TPSA) is 149 Å². The lowest BCUT2D eigenvalue weighted by molar-refractivity contribution is -0.245. The number of para-hydroxylation sites is 2. The van der Waals surface area contributed by atoms with E-state index in [-0.39, 0.29) is 30.6 Å². The molecular formula is C36H41N5O5S. The van der Waals surface area contributed by atoms with Crippen molar-refractivity contribution >= 4 is 40.6 Å². The van der Waals surface area contributed by atoms with Crippen molar-refractivity contribution in [1.29, 1.82) is 0 Å². The number of aromatic nitrogens is 2. The van der Waals surface area contributed by atoms with Crippen LogP contribution < -0.4 is 16.4 Å². The van der Waals surface area contributed by atoms with Gasteiger partial charge in [0.1, 0.15) is 0 Å². The molecule has 1 aliphatic rings. The van der Waals surface area contributed by atoms with Gasteiger partial charge in [0, 0.05) is 48.7 Å². The summed E-state index contributed by atoms with van der Waals surface area (Å²) in [6, 6.07) is 24.3. The summed E-state index contributed by atoms with van der Waals surface area (Å²) in [7, 11) is 0. The quantitative estimate of drug-likeness (QED) is 0.0469. The van der Waals surface area contributed by atoms with Crippen LogP contribution in [0.4, 0.5) is 17.1 Å². The van der Waals surface area contributed by atoms with E-state index in [9.17, 15) is 14.7 Å². The largest absolute Gasteiger partial charge is 0.397 e. The Labute approximate surface area is 279 Å². The summed E-state index contributed by atoms with van der Waals surface area (Å²) in [5.74, 6) is 0.558. The Morgan fingerprint density at radius 3 is 2.15 bits per heavy atom. The smallest absolute Gasteiger partial charge is 0.224 e. The Balaban J connectivity index is 1.08. The molecule has 5 N–H and O–H groups in total. The minimum atomic E-state index is -0.592. The average molecular weight is 656 g/mol. The molecule has 0 radical (unpaired) electrons. The minimum Gasteiger partial charge on any atom is -0.397 e. The van der Waals surface area contributed by atoms with Crippen molar-refractivity contribution in [2.75, 3.05) is 22.1 Å². The van der Waals surface area contributed by atoms with Crippen LogP contribution in [0.1, 0.15) is 74.0 Å². The highest BCUT2D eigenvalue weighted by molar-refractivity contribution is 7.99. The van der Waals surface area contributed by atoms with Crippen LogP contribution in [0.15, 0.2) is 96.4 Å². The third kappa shape index (κ3) is 10.6. The van der Waals surface area contributed by atoms with Crippen LogP contribution in [0.3, 0.4) is 0 Å². The Morgan fingerprint density at radius 2 is 1.47 bits per heavy atom. The van der Waals surface area contributed by atoms with E-state index in [2.05, 4.69) is 20.6 Å². The molecule has 1 aromatic heterocycles. The summed E-state index contributed by atoms with van der Waals surface area (Å²) >= 11 is 1.54. The van der Waals surface area contributed by atoms with E-state index in [1.54, 1.807) is 42.4 Å². The number of thioether (sulfide) groups is 1.